The van der Waals surface area contributed by atoms with Crippen LogP contribution < -0.4 is 37.6 Å². The van der Waals surface area contributed by atoms with E-state index in [1.165, 1.54) is 19.1 Å². The van der Waals surface area contributed by atoms with Crippen molar-refractivity contribution in [2.75, 3.05) is 6.54 Å². The van der Waals surface area contributed by atoms with Gasteiger partial charge in [-0.15, -0.1) is 0 Å². The average molecular weight is 816 g/mol. The van der Waals surface area contributed by atoms with Crippen molar-refractivity contribution >= 4 is 41.4 Å². The summed E-state index contributed by atoms with van der Waals surface area (Å²) >= 11 is 0. The van der Waals surface area contributed by atoms with E-state index in [9.17, 15) is 43.8 Å². The number of aromatic hydroxyl groups is 1. The standard InChI is InChI=1S/C43H57N7O9/c1-25(2)20-33(42(57)50-37(26(3)4)43(58)59)48-41(56)35(23-29-14-10-7-11-15-29)49-40(55)34(22-28-12-8-6-9-13-28)47-36(52)24-45-38(53)27(5)46-39(54)32(44)21-30-16-18-31(51)19-17-30/h6-19,25-27,32-35,37,51H,20-24,44H2,1-5H3,(H,45,53)(H,46,54)(H,47,52)(H,48,56)(H,49,55)(H,50,57)(H,58,59)/t27-,32-,33-,34-,35-,37-/m0/s1. The number of benzene rings is 3. The van der Waals surface area contributed by atoms with Gasteiger partial charge in [-0.05, 0) is 60.4 Å². The molecule has 10 N–H and O–H groups in total. The third-order valence-corrected chi connectivity index (χ3v) is 9.32. The van der Waals surface area contributed by atoms with Crippen LogP contribution in [0, 0.1) is 11.8 Å². The molecule has 0 saturated heterocycles. The van der Waals surface area contributed by atoms with Crippen LogP contribution >= 0.6 is 0 Å². The van der Waals surface area contributed by atoms with E-state index in [1.54, 1.807) is 86.6 Å². The number of phenolic OH excluding ortho intramolecular Hbond substituents is 1. The number of aliphatic carboxylic acids is 1. The van der Waals surface area contributed by atoms with Crippen LogP contribution in [0.3, 0.4) is 0 Å². The molecule has 0 radical (unpaired) electrons. The van der Waals surface area contributed by atoms with Crippen molar-refractivity contribution in [1.29, 1.82) is 0 Å². The van der Waals surface area contributed by atoms with Gasteiger partial charge in [0.2, 0.25) is 35.4 Å². The first-order valence-electron chi connectivity index (χ1n) is 19.6. The van der Waals surface area contributed by atoms with Crippen LogP contribution in [-0.2, 0) is 52.8 Å². The van der Waals surface area contributed by atoms with Gasteiger partial charge in [0.1, 0.15) is 36.0 Å². The Morgan fingerprint density at radius 3 is 1.53 bits per heavy atom. The summed E-state index contributed by atoms with van der Waals surface area (Å²) in [6.45, 7) is 7.87. The quantitative estimate of drug-likeness (QED) is 0.0698. The number of hydrogen-bond donors (Lipinski definition) is 9. The van der Waals surface area contributed by atoms with Crippen LogP contribution in [0.25, 0.3) is 0 Å². The van der Waals surface area contributed by atoms with E-state index in [0.717, 1.165) is 0 Å². The Kier molecular flexibility index (Phi) is 18.5. The number of carboxylic acid groups (broad SMARTS) is 1. The maximum Gasteiger partial charge on any atom is 0.326 e. The number of carboxylic acids is 1. The van der Waals surface area contributed by atoms with Crippen LogP contribution in [0.1, 0.15) is 57.7 Å². The molecule has 6 atom stereocenters. The first-order valence-corrected chi connectivity index (χ1v) is 19.6. The number of hydrogen-bond acceptors (Lipinski definition) is 9. The second kappa shape index (κ2) is 23.2. The number of amides is 6. The van der Waals surface area contributed by atoms with E-state index in [0.29, 0.717) is 16.7 Å². The van der Waals surface area contributed by atoms with Crippen molar-refractivity contribution in [3.63, 3.8) is 0 Å². The molecule has 0 aliphatic rings. The second-order valence-corrected chi connectivity index (χ2v) is 15.2. The molecule has 16 heteroatoms. The number of nitrogens with one attached hydrogen (secondary N) is 6. The molecular weight excluding hydrogens is 759 g/mol. The average Bonchev–Trinajstić information content (AvgIpc) is 3.19. The monoisotopic (exact) mass is 815 g/mol. The summed E-state index contributed by atoms with van der Waals surface area (Å²) in [5.74, 6) is -5.77. The molecule has 3 aromatic carbocycles. The first-order chi connectivity index (χ1) is 27.9. The van der Waals surface area contributed by atoms with Gasteiger partial charge in [-0.25, -0.2) is 4.79 Å². The number of nitrogens with two attached hydrogens (primary N) is 1. The van der Waals surface area contributed by atoms with E-state index in [4.69, 9.17) is 5.73 Å². The van der Waals surface area contributed by atoms with Crippen LogP contribution in [0.4, 0.5) is 0 Å². The highest BCUT2D eigenvalue weighted by molar-refractivity contribution is 5.96. The lowest BCUT2D eigenvalue weighted by Gasteiger charge is -2.27. The lowest BCUT2D eigenvalue weighted by molar-refractivity contribution is -0.143. The summed E-state index contributed by atoms with van der Waals surface area (Å²) in [5, 5.41) is 34.8. The lowest BCUT2D eigenvalue weighted by atomic mass is 9.99. The zero-order valence-electron chi connectivity index (χ0n) is 34.1. The topological polar surface area (TPSA) is 258 Å². The minimum absolute atomic E-state index is 0.0155. The molecular formula is C43H57N7O9. The molecule has 0 bridgehead atoms. The molecule has 6 amide bonds. The van der Waals surface area contributed by atoms with Gasteiger partial charge in [0, 0.05) is 12.8 Å². The van der Waals surface area contributed by atoms with Gasteiger partial charge < -0.3 is 47.8 Å². The minimum atomic E-state index is -1.23. The summed E-state index contributed by atoms with van der Waals surface area (Å²) in [5.41, 5.74) is 8.11. The fourth-order valence-electron chi connectivity index (χ4n) is 6.06. The Morgan fingerprint density at radius 2 is 1.03 bits per heavy atom. The molecule has 0 spiro atoms. The van der Waals surface area contributed by atoms with Crippen molar-refractivity contribution in [3.05, 3.63) is 102 Å². The fraction of sp³-hybridized carbons (Fsp3) is 0.419. The highest BCUT2D eigenvalue weighted by Gasteiger charge is 2.33. The number of phenols is 1. The molecule has 0 fully saturated rings. The van der Waals surface area contributed by atoms with Crippen molar-refractivity contribution in [3.8, 4) is 5.75 Å². The van der Waals surface area contributed by atoms with E-state index in [-0.39, 0.29) is 37.4 Å². The highest BCUT2D eigenvalue weighted by atomic mass is 16.4. The summed E-state index contributed by atoms with van der Waals surface area (Å²) in [4.78, 5) is 92.1. The normalized spacial score (nSPS) is 14.1. The molecule has 16 nitrogen and oxygen atoms in total. The van der Waals surface area contributed by atoms with Crippen LogP contribution in [0.2, 0.25) is 0 Å². The van der Waals surface area contributed by atoms with Gasteiger partial charge in [-0.3, -0.25) is 28.8 Å². The molecule has 0 aliphatic carbocycles. The fourth-order valence-corrected chi connectivity index (χ4v) is 6.06. The molecule has 3 aromatic rings. The minimum Gasteiger partial charge on any atom is -0.508 e. The van der Waals surface area contributed by atoms with Crippen LogP contribution in [0.15, 0.2) is 84.9 Å². The molecule has 318 valence electrons. The zero-order valence-corrected chi connectivity index (χ0v) is 34.1. The Balaban J connectivity index is 1.74. The largest absolute Gasteiger partial charge is 0.508 e. The first kappa shape index (κ1) is 47.1. The van der Waals surface area contributed by atoms with Crippen LogP contribution in [-0.4, -0.2) is 94.4 Å². The van der Waals surface area contributed by atoms with Gasteiger partial charge in [-0.1, -0.05) is 100 Å². The predicted octanol–water partition coefficient (Wildman–Crippen LogP) is 1.09. The van der Waals surface area contributed by atoms with Gasteiger partial charge in [-0.2, -0.15) is 0 Å². The lowest BCUT2D eigenvalue weighted by Crippen LogP contribution is -2.59. The molecule has 0 saturated carbocycles. The maximum atomic E-state index is 14.1. The summed E-state index contributed by atoms with van der Waals surface area (Å²) in [6.07, 6.45) is 0.367. The molecule has 0 aromatic heterocycles. The van der Waals surface area contributed by atoms with Gasteiger partial charge >= 0.3 is 5.97 Å². The number of carbonyl (C=O) groups excluding carboxylic acids is 6. The molecule has 0 unspecified atom stereocenters. The molecule has 0 aliphatic heterocycles. The van der Waals surface area contributed by atoms with E-state index < -0.39 is 90.1 Å². The Morgan fingerprint density at radius 1 is 0.559 bits per heavy atom. The van der Waals surface area contributed by atoms with E-state index in [1.807, 2.05) is 13.8 Å². The molecule has 0 heterocycles. The summed E-state index contributed by atoms with van der Waals surface area (Å²) < 4.78 is 0. The van der Waals surface area contributed by atoms with Crippen molar-refractivity contribution in [1.82, 2.24) is 31.9 Å². The van der Waals surface area contributed by atoms with Gasteiger partial charge in [0.05, 0.1) is 12.6 Å². The van der Waals surface area contributed by atoms with Crippen molar-refractivity contribution in [2.24, 2.45) is 17.6 Å². The molecule has 59 heavy (non-hydrogen) atoms. The zero-order chi connectivity index (χ0) is 43.6. The van der Waals surface area contributed by atoms with Crippen molar-refractivity contribution < 1.29 is 43.8 Å². The second-order valence-electron chi connectivity index (χ2n) is 15.2. The SMILES string of the molecule is CC(C)C[C@H](NC(=O)[C@H](Cc1ccccc1)NC(=O)[C@H](Cc1ccccc1)NC(=O)CNC(=O)[C@H](C)NC(=O)[C@@H](N)Cc1ccc(O)cc1)C(=O)N[C@H](C(=O)O)C(C)C. The third-order valence-electron chi connectivity index (χ3n) is 9.32. The summed E-state index contributed by atoms with van der Waals surface area (Å²) in [7, 11) is 0. The number of carbonyl (C=O) groups is 7. The van der Waals surface area contributed by atoms with Gasteiger partial charge in [0.25, 0.3) is 0 Å². The Bertz CT molecular complexity index is 1880. The van der Waals surface area contributed by atoms with E-state index >= 15 is 0 Å². The van der Waals surface area contributed by atoms with Crippen LogP contribution in [0.5, 0.6) is 5.75 Å². The Hall–Kier alpha value is -6.29. The predicted molar refractivity (Wildman–Crippen MR) is 220 cm³/mol. The van der Waals surface area contributed by atoms with Crippen molar-refractivity contribution in [2.45, 2.75) is 96.6 Å². The van der Waals surface area contributed by atoms with E-state index in [2.05, 4.69) is 31.9 Å². The smallest absolute Gasteiger partial charge is 0.326 e. The Labute approximate surface area is 344 Å². The third kappa shape index (κ3) is 16.2. The summed E-state index contributed by atoms with van der Waals surface area (Å²) in [6, 6.07) is 17.1. The number of rotatable bonds is 22. The highest BCUT2D eigenvalue weighted by Crippen LogP contribution is 2.13. The maximum absolute atomic E-state index is 14.1. The van der Waals surface area contributed by atoms with Gasteiger partial charge in [0.15, 0.2) is 0 Å². The molecule has 3 rings (SSSR count).